The van der Waals surface area contributed by atoms with Crippen molar-refractivity contribution in [2.75, 3.05) is 5.73 Å². The van der Waals surface area contributed by atoms with Crippen LogP contribution in [0.4, 0.5) is 5.69 Å². The number of hydrogen-bond donors (Lipinski definition) is 2. The van der Waals surface area contributed by atoms with Crippen LogP contribution in [0.1, 0.15) is 11.1 Å². The number of pyridine rings is 1. The van der Waals surface area contributed by atoms with Gasteiger partial charge in [-0.1, -0.05) is 11.6 Å². The minimum absolute atomic E-state index is 0.00918. The summed E-state index contributed by atoms with van der Waals surface area (Å²) in [5, 5.41) is 0.0976. The Morgan fingerprint density at radius 2 is 2.10 bits per heavy atom. The molecule has 0 bridgehead atoms. The molecular weight excluding hydrogens is 298 g/mol. The van der Waals surface area contributed by atoms with Crippen molar-refractivity contribution in [2.45, 2.75) is 18.4 Å². The fraction of sp³-hybridized carbons (Fsp3) is 0.154. The molecule has 2 rings (SSSR count). The molecule has 7 heteroatoms. The SMILES string of the molecule is Cc1ccncc1CNS(=O)(=O)c1ccc(N)cc1Cl. The molecule has 20 heavy (non-hydrogen) atoms. The van der Waals surface area contributed by atoms with Gasteiger partial charge in [-0.2, -0.15) is 0 Å². The zero-order chi connectivity index (χ0) is 14.8. The van der Waals surface area contributed by atoms with E-state index in [4.69, 9.17) is 17.3 Å². The summed E-state index contributed by atoms with van der Waals surface area (Å²) >= 11 is 5.92. The highest BCUT2D eigenvalue weighted by Crippen LogP contribution is 2.23. The van der Waals surface area contributed by atoms with Crippen molar-refractivity contribution in [3.8, 4) is 0 Å². The summed E-state index contributed by atoms with van der Waals surface area (Å²) < 4.78 is 26.9. The second-order valence-electron chi connectivity index (χ2n) is 4.32. The Morgan fingerprint density at radius 1 is 1.35 bits per heavy atom. The largest absolute Gasteiger partial charge is 0.399 e. The minimum atomic E-state index is -3.69. The van der Waals surface area contributed by atoms with Crippen LogP contribution in [-0.4, -0.2) is 13.4 Å². The molecule has 0 saturated heterocycles. The molecule has 0 aliphatic heterocycles. The standard InChI is InChI=1S/C13H14ClN3O2S/c1-9-4-5-16-7-10(9)8-17-20(18,19)13-3-2-11(15)6-12(13)14/h2-7,17H,8,15H2,1H3. The number of nitrogens with two attached hydrogens (primary N) is 1. The number of hydrogen-bond acceptors (Lipinski definition) is 4. The third-order valence-electron chi connectivity index (χ3n) is 2.85. The topological polar surface area (TPSA) is 85.1 Å². The number of aromatic nitrogens is 1. The molecule has 0 saturated carbocycles. The summed E-state index contributed by atoms with van der Waals surface area (Å²) in [6, 6.07) is 6.11. The lowest BCUT2D eigenvalue weighted by Gasteiger charge is -2.10. The average molecular weight is 312 g/mol. The Hall–Kier alpha value is -1.63. The zero-order valence-electron chi connectivity index (χ0n) is 10.8. The van der Waals surface area contributed by atoms with Gasteiger partial charge in [0.1, 0.15) is 4.90 Å². The predicted octanol–water partition coefficient (Wildman–Crippen LogP) is 2.10. The van der Waals surface area contributed by atoms with Gasteiger partial charge in [0.25, 0.3) is 0 Å². The molecule has 5 nitrogen and oxygen atoms in total. The fourth-order valence-electron chi connectivity index (χ4n) is 1.67. The van der Waals surface area contributed by atoms with Gasteiger partial charge in [0.15, 0.2) is 0 Å². The van der Waals surface area contributed by atoms with Gasteiger partial charge in [-0.25, -0.2) is 13.1 Å². The summed E-state index contributed by atoms with van der Waals surface area (Å²) in [4.78, 5) is 3.98. The highest BCUT2D eigenvalue weighted by molar-refractivity contribution is 7.89. The minimum Gasteiger partial charge on any atom is -0.399 e. The summed E-state index contributed by atoms with van der Waals surface area (Å²) in [6.07, 6.45) is 3.28. The summed E-state index contributed by atoms with van der Waals surface area (Å²) in [5.41, 5.74) is 7.73. The number of rotatable bonds is 4. The first-order valence-corrected chi connectivity index (χ1v) is 7.70. The smallest absolute Gasteiger partial charge is 0.242 e. The quantitative estimate of drug-likeness (QED) is 0.847. The van der Waals surface area contributed by atoms with Crippen molar-refractivity contribution >= 4 is 27.3 Å². The van der Waals surface area contributed by atoms with Crippen molar-refractivity contribution in [1.29, 1.82) is 0 Å². The number of anilines is 1. The van der Waals surface area contributed by atoms with Crippen LogP contribution in [0, 0.1) is 6.92 Å². The number of benzene rings is 1. The Bertz CT molecular complexity index is 732. The third kappa shape index (κ3) is 3.27. The van der Waals surface area contributed by atoms with Gasteiger partial charge in [-0.3, -0.25) is 4.98 Å². The lowest BCUT2D eigenvalue weighted by atomic mass is 10.2. The van der Waals surface area contributed by atoms with E-state index < -0.39 is 10.0 Å². The van der Waals surface area contributed by atoms with E-state index in [1.807, 2.05) is 13.0 Å². The maximum Gasteiger partial charge on any atom is 0.242 e. The lowest BCUT2D eigenvalue weighted by molar-refractivity contribution is 0.581. The first kappa shape index (κ1) is 14.8. The van der Waals surface area contributed by atoms with Crippen LogP contribution in [0.3, 0.4) is 0 Å². The van der Waals surface area contributed by atoms with Gasteiger partial charge in [-0.05, 0) is 42.3 Å². The van der Waals surface area contributed by atoms with E-state index in [0.29, 0.717) is 5.69 Å². The molecule has 0 amide bonds. The van der Waals surface area contributed by atoms with Crippen LogP contribution in [0.15, 0.2) is 41.6 Å². The van der Waals surface area contributed by atoms with Crippen molar-refractivity contribution < 1.29 is 8.42 Å². The predicted molar refractivity (Wildman–Crippen MR) is 78.9 cm³/mol. The van der Waals surface area contributed by atoms with E-state index in [9.17, 15) is 8.42 Å². The highest BCUT2D eigenvalue weighted by Gasteiger charge is 2.17. The van der Waals surface area contributed by atoms with E-state index in [0.717, 1.165) is 11.1 Å². The van der Waals surface area contributed by atoms with Crippen molar-refractivity contribution in [3.63, 3.8) is 0 Å². The fourth-order valence-corrected chi connectivity index (χ4v) is 3.22. The number of nitrogens with zero attached hydrogens (tertiary/aromatic N) is 1. The van der Waals surface area contributed by atoms with Crippen molar-refractivity contribution in [2.24, 2.45) is 0 Å². The van der Waals surface area contributed by atoms with Gasteiger partial charge in [-0.15, -0.1) is 0 Å². The molecule has 106 valence electrons. The molecule has 3 N–H and O–H groups in total. The molecule has 0 atom stereocenters. The molecule has 1 aromatic heterocycles. The normalized spacial score (nSPS) is 11.5. The first-order chi connectivity index (χ1) is 9.40. The molecule has 0 unspecified atom stereocenters. The molecule has 1 aromatic carbocycles. The molecule has 1 heterocycles. The van der Waals surface area contributed by atoms with E-state index in [1.54, 1.807) is 12.4 Å². The summed E-state index contributed by atoms with van der Waals surface area (Å²) in [6.45, 7) is 2.05. The number of nitrogens with one attached hydrogen (secondary N) is 1. The first-order valence-electron chi connectivity index (χ1n) is 5.84. The van der Waals surface area contributed by atoms with Crippen molar-refractivity contribution in [3.05, 3.63) is 52.8 Å². The molecule has 0 radical (unpaired) electrons. The van der Waals surface area contributed by atoms with Crippen LogP contribution >= 0.6 is 11.6 Å². The average Bonchev–Trinajstić information content (AvgIpc) is 2.37. The third-order valence-corrected chi connectivity index (χ3v) is 4.73. The van der Waals surface area contributed by atoms with Gasteiger partial charge >= 0.3 is 0 Å². The van der Waals surface area contributed by atoms with Crippen molar-refractivity contribution in [1.82, 2.24) is 9.71 Å². The van der Waals surface area contributed by atoms with E-state index in [2.05, 4.69) is 9.71 Å². The Morgan fingerprint density at radius 3 is 2.75 bits per heavy atom. The second-order valence-corrected chi connectivity index (χ2v) is 6.46. The highest BCUT2D eigenvalue weighted by atomic mass is 35.5. The van der Waals surface area contributed by atoms with E-state index >= 15 is 0 Å². The second kappa shape index (κ2) is 5.78. The molecule has 0 aliphatic rings. The maximum atomic E-state index is 12.2. The number of halogens is 1. The Balaban J connectivity index is 2.22. The number of sulfonamides is 1. The maximum absolute atomic E-state index is 12.2. The summed E-state index contributed by atoms with van der Waals surface area (Å²) in [7, 11) is -3.69. The number of nitrogen functional groups attached to an aromatic ring is 1. The summed E-state index contributed by atoms with van der Waals surface area (Å²) in [5.74, 6) is 0. The lowest BCUT2D eigenvalue weighted by Crippen LogP contribution is -2.24. The van der Waals surface area contributed by atoms with Crippen LogP contribution in [0.2, 0.25) is 5.02 Å². The van der Waals surface area contributed by atoms with E-state index in [1.165, 1.54) is 18.2 Å². The van der Waals surface area contributed by atoms with Gasteiger partial charge in [0.2, 0.25) is 10.0 Å². The zero-order valence-corrected chi connectivity index (χ0v) is 12.4. The molecule has 2 aromatic rings. The Labute approximate surface area is 122 Å². The van der Waals surface area contributed by atoms with Crippen LogP contribution in [0.5, 0.6) is 0 Å². The van der Waals surface area contributed by atoms with Crippen LogP contribution in [0.25, 0.3) is 0 Å². The van der Waals surface area contributed by atoms with Gasteiger partial charge in [0.05, 0.1) is 5.02 Å². The molecule has 0 spiro atoms. The molecule has 0 fully saturated rings. The van der Waals surface area contributed by atoms with Crippen LogP contribution < -0.4 is 10.5 Å². The molecular formula is C13H14ClN3O2S. The monoisotopic (exact) mass is 311 g/mol. The van der Waals surface area contributed by atoms with Gasteiger partial charge < -0.3 is 5.73 Å². The molecule has 0 aliphatic carbocycles. The van der Waals surface area contributed by atoms with Gasteiger partial charge in [0, 0.05) is 24.6 Å². The van der Waals surface area contributed by atoms with E-state index in [-0.39, 0.29) is 16.5 Å². The Kier molecular flexibility index (Phi) is 4.27. The van der Waals surface area contributed by atoms with Crippen LogP contribution in [-0.2, 0) is 16.6 Å². The number of aryl methyl sites for hydroxylation is 1.